The van der Waals surface area contributed by atoms with Gasteiger partial charge < -0.3 is 10.1 Å². The van der Waals surface area contributed by atoms with E-state index in [-0.39, 0.29) is 5.41 Å². The van der Waals surface area contributed by atoms with Crippen molar-refractivity contribution in [1.82, 2.24) is 19.8 Å². The molecule has 114 valence electrons. The number of aromatic nitrogens is 2. The van der Waals surface area contributed by atoms with Crippen molar-refractivity contribution in [2.75, 3.05) is 39.4 Å². The summed E-state index contributed by atoms with van der Waals surface area (Å²) in [5.74, 6) is 0. The lowest BCUT2D eigenvalue weighted by molar-refractivity contribution is 0.0374. The summed E-state index contributed by atoms with van der Waals surface area (Å²) in [6, 6.07) is 0. The second-order valence-electron chi connectivity index (χ2n) is 6.28. The van der Waals surface area contributed by atoms with Crippen LogP contribution in [0.4, 0.5) is 0 Å². The summed E-state index contributed by atoms with van der Waals surface area (Å²) in [6.45, 7) is 13.6. The molecule has 0 bridgehead atoms. The van der Waals surface area contributed by atoms with Gasteiger partial charge in [0, 0.05) is 25.0 Å². The first kappa shape index (κ1) is 15.8. The molecule has 2 rings (SSSR count). The number of rotatable bonds is 6. The number of morpholine rings is 1. The topological polar surface area (TPSA) is 50.3 Å². The SMILES string of the molecule is CC(C)(C)c1nnsc1CNCCCN1CCOCC1. The fourth-order valence-corrected chi connectivity index (χ4v) is 3.17. The molecule has 1 aliphatic rings. The van der Waals surface area contributed by atoms with Gasteiger partial charge in [0.15, 0.2) is 0 Å². The summed E-state index contributed by atoms with van der Waals surface area (Å²) in [5.41, 5.74) is 1.21. The van der Waals surface area contributed by atoms with Crippen molar-refractivity contribution < 1.29 is 4.74 Å². The minimum atomic E-state index is 0.0812. The molecule has 1 saturated heterocycles. The van der Waals surface area contributed by atoms with Crippen molar-refractivity contribution in [1.29, 1.82) is 0 Å². The smallest absolute Gasteiger partial charge is 0.0854 e. The first-order valence-corrected chi connectivity index (χ1v) is 8.17. The highest BCUT2D eigenvalue weighted by Gasteiger charge is 2.21. The Bertz CT molecular complexity index is 396. The van der Waals surface area contributed by atoms with Crippen LogP contribution in [0.15, 0.2) is 0 Å². The molecule has 6 heteroatoms. The van der Waals surface area contributed by atoms with E-state index in [1.807, 2.05) is 0 Å². The maximum absolute atomic E-state index is 5.35. The highest BCUT2D eigenvalue weighted by molar-refractivity contribution is 7.05. The molecule has 0 unspecified atom stereocenters. The number of hydrogen-bond acceptors (Lipinski definition) is 6. The van der Waals surface area contributed by atoms with Crippen molar-refractivity contribution >= 4 is 11.5 Å². The van der Waals surface area contributed by atoms with Crippen LogP contribution in [0, 0.1) is 0 Å². The van der Waals surface area contributed by atoms with Gasteiger partial charge in [-0.2, -0.15) is 0 Å². The van der Waals surface area contributed by atoms with Crippen molar-refractivity contribution in [2.24, 2.45) is 0 Å². The summed E-state index contributed by atoms with van der Waals surface area (Å²) in [6.07, 6.45) is 1.18. The Labute approximate surface area is 125 Å². The molecule has 0 saturated carbocycles. The Hall–Kier alpha value is -0.560. The molecule has 0 aliphatic carbocycles. The average molecular weight is 298 g/mol. The van der Waals surface area contributed by atoms with Crippen LogP contribution in [0.3, 0.4) is 0 Å². The van der Waals surface area contributed by atoms with Gasteiger partial charge in [0.1, 0.15) is 0 Å². The molecule has 20 heavy (non-hydrogen) atoms. The maximum Gasteiger partial charge on any atom is 0.0854 e. The molecule has 0 spiro atoms. The van der Waals surface area contributed by atoms with E-state index in [0.29, 0.717) is 0 Å². The monoisotopic (exact) mass is 298 g/mol. The fourth-order valence-electron chi connectivity index (χ4n) is 2.35. The molecule has 1 N–H and O–H groups in total. The lowest BCUT2D eigenvalue weighted by atomic mass is 9.91. The number of nitrogens with zero attached hydrogens (tertiary/aromatic N) is 3. The Morgan fingerprint density at radius 3 is 2.75 bits per heavy atom. The normalized spacial score (nSPS) is 17.6. The first-order valence-electron chi connectivity index (χ1n) is 7.40. The quantitative estimate of drug-likeness (QED) is 0.809. The predicted octanol–water partition coefficient (Wildman–Crippen LogP) is 1.65. The molecule has 1 aliphatic heterocycles. The summed E-state index contributed by atoms with van der Waals surface area (Å²) >= 11 is 1.51. The third-order valence-electron chi connectivity index (χ3n) is 3.48. The van der Waals surface area contributed by atoms with Crippen LogP contribution in [0.5, 0.6) is 0 Å². The minimum absolute atomic E-state index is 0.0812. The van der Waals surface area contributed by atoms with Gasteiger partial charge in [-0.3, -0.25) is 4.90 Å². The van der Waals surface area contributed by atoms with Crippen LogP contribution < -0.4 is 5.32 Å². The van der Waals surface area contributed by atoms with Crippen molar-refractivity contribution in [3.05, 3.63) is 10.6 Å². The Balaban J connectivity index is 1.65. The van der Waals surface area contributed by atoms with Crippen LogP contribution in [0.25, 0.3) is 0 Å². The third-order valence-corrected chi connectivity index (χ3v) is 4.20. The van der Waals surface area contributed by atoms with Crippen molar-refractivity contribution in [3.8, 4) is 0 Å². The van der Waals surface area contributed by atoms with E-state index in [1.165, 1.54) is 22.8 Å². The molecule has 0 atom stereocenters. The van der Waals surface area contributed by atoms with Crippen LogP contribution in [0.2, 0.25) is 0 Å². The van der Waals surface area contributed by atoms with E-state index in [0.717, 1.165) is 51.6 Å². The number of ether oxygens (including phenoxy) is 1. The highest BCUT2D eigenvalue weighted by atomic mass is 32.1. The van der Waals surface area contributed by atoms with Gasteiger partial charge in [0.25, 0.3) is 0 Å². The second-order valence-corrected chi connectivity index (χ2v) is 7.12. The zero-order valence-electron chi connectivity index (χ0n) is 12.8. The lowest BCUT2D eigenvalue weighted by Crippen LogP contribution is -2.37. The second kappa shape index (κ2) is 7.45. The molecular weight excluding hydrogens is 272 g/mol. The van der Waals surface area contributed by atoms with E-state index in [4.69, 9.17) is 4.74 Å². The van der Waals surface area contributed by atoms with E-state index >= 15 is 0 Å². The van der Waals surface area contributed by atoms with E-state index in [1.54, 1.807) is 0 Å². The summed E-state index contributed by atoms with van der Waals surface area (Å²) < 4.78 is 9.44. The molecule has 2 heterocycles. The zero-order valence-corrected chi connectivity index (χ0v) is 13.6. The average Bonchev–Trinajstić information content (AvgIpc) is 2.88. The molecule has 0 amide bonds. The Morgan fingerprint density at radius 1 is 1.30 bits per heavy atom. The molecule has 0 aromatic carbocycles. The minimum Gasteiger partial charge on any atom is -0.379 e. The van der Waals surface area contributed by atoms with Gasteiger partial charge in [-0.15, -0.1) is 5.10 Å². The standard InChI is InChI=1S/C14H26N4OS/c1-14(2,3)13-12(20-17-16-13)11-15-5-4-6-18-7-9-19-10-8-18/h15H,4-11H2,1-3H3. The van der Waals surface area contributed by atoms with E-state index in [9.17, 15) is 0 Å². The van der Waals surface area contributed by atoms with Gasteiger partial charge >= 0.3 is 0 Å². The maximum atomic E-state index is 5.35. The van der Waals surface area contributed by atoms with Gasteiger partial charge in [0.05, 0.1) is 23.8 Å². The van der Waals surface area contributed by atoms with Crippen LogP contribution in [-0.2, 0) is 16.7 Å². The van der Waals surface area contributed by atoms with E-state index < -0.39 is 0 Å². The Kier molecular flexibility index (Phi) is 5.89. The molecule has 1 aromatic heterocycles. The molecule has 1 aromatic rings. The molecule has 5 nitrogen and oxygen atoms in total. The zero-order chi connectivity index (χ0) is 14.4. The summed E-state index contributed by atoms with van der Waals surface area (Å²) in [5, 5.41) is 7.78. The Morgan fingerprint density at radius 2 is 2.05 bits per heavy atom. The lowest BCUT2D eigenvalue weighted by Gasteiger charge is -2.26. The molecular formula is C14H26N4OS. The van der Waals surface area contributed by atoms with Gasteiger partial charge in [-0.25, -0.2) is 0 Å². The number of hydrogen-bond donors (Lipinski definition) is 1. The third kappa shape index (κ3) is 4.77. The van der Waals surface area contributed by atoms with Crippen LogP contribution in [-0.4, -0.2) is 53.9 Å². The summed E-state index contributed by atoms with van der Waals surface area (Å²) in [4.78, 5) is 3.74. The predicted molar refractivity (Wildman–Crippen MR) is 82.2 cm³/mol. The fraction of sp³-hybridized carbons (Fsp3) is 0.857. The molecule has 1 fully saturated rings. The van der Waals surface area contributed by atoms with Gasteiger partial charge in [-0.05, 0) is 31.0 Å². The molecule has 0 radical (unpaired) electrons. The first-order chi connectivity index (χ1) is 9.57. The summed E-state index contributed by atoms with van der Waals surface area (Å²) in [7, 11) is 0. The van der Waals surface area contributed by atoms with Crippen LogP contribution >= 0.6 is 11.5 Å². The van der Waals surface area contributed by atoms with Crippen LogP contribution in [0.1, 0.15) is 37.8 Å². The largest absolute Gasteiger partial charge is 0.379 e. The van der Waals surface area contributed by atoms with Gasteiger partial charge in [0.2, 0.25) is 0 Å². The number of nitrogens with one attached hydrogen (secondary N) is 1. The van der Waals surface area contributed by atoms with E-state index in [2.05, 4.69) is 40.6 Å². The highest BCUT2D eigenvalue weighted by Crippen LogP contribution is 2.25. The van der Waals surface area contributed by atoms with Gasteiger partial charge in [-0.1, -0.05) is 25.3 Å². The van der Waals surface area contributed by atoms with Crippen molar-refractivity contribution in [3.63, 3.8) is 0 Å². The van der Waals surface area contributed by atoms with Crippen molar-refractivity contribution in [2.45, 2.75) is 39.2 Å².